The van der Waals surface area contributed by atoms with Gasteiger partial charge in [0.25, 0.3) is 0 Å². The first kappa shape index (κ1) is 21.9. The zero-order valence-electron chi connectivity index (χ0n) is 15.9. The summed E-state index contributed by atoms with van der Waals surface area (Å²) in [5.74, 6) is -0.251. The molecule has 25 heavy (non-hydrogen) atoms. The predicted octanol–water partition coefficient (Wildman–Crippen LogP) is 4.14. The van der Waals surface area contributed by atoms with Crippen LogP contribution in [0.2, 0.25) is 18.1 Å². The maximum absolute atomic E-state index is 12.4. The summed E-state index contributed by atoms with van der Waals surface area (Å²) in [5, 5.41) is 0.0887. The Bertz CT molecular complexity index is 540. The zero-order chi connectivity index (χ0) is 19.3. The van der Waals surface area contributed by atoms with Gasteiger partial charge in [-0.3, -0.25) is 9.69 Å². The number of ether oxygens (including phenoxy) is 1. The lowest BCUT2D eigenvalue weighted by atomic mass is 10.0. The van der Waals surface area contributed by atoms with Gasteiger partial charge in [0.1, 0.15) is 6.61 Å². The minimum atomic E-state index is -1.93. The van der Waals surface area contributed by atoms with Gasteiger partial charge in [-0.2, -0.15) is 0 Å². The van der Waals surface area contributed by atoms with Gasteiger partial charge in [-0.25, -0.2) is 4.79 Å². The van der Waals surface area contributed by atoms with Crippen molar-refractivity contribution in [2.75, 3.05) is 25.6 Å². The molecule has 0 aromatic carbocycles. The van der Waals surface area contributed by atoms with E-state index in [1.54, 1.807) is 4.90 Å². The fourth-order valence-corrected chi connectivity index (χ4v) is 3.39. The highest BCUT2D eigenvalue weighted by Gasteiger charge is 2.39. The average Bonchev–Trinajstić information content (AvgIpc) is 2.55. The summed E-state index contributed by atoms with van der Waals surface area (Å²) < 4.78 is 11.4. The number of Topliss-reactive ketones (excluding diaryl/α,β-unsaturated/α-hetero) is 1. The second kappa shape index (κ2) is 9.01. The molecule has 0 aromatic rings. The molecule has 0 spiro atoms. The maximum atomic E-state index is 12.4. The highest BCUT2D eigenvalue weighted by Crippen LogP contribution is 2.37. The number of carbonyl (C=O) groups excluding carboxylic acids is 2. The second-order valence-corrected chi connectivity index (χ2v) is 12.8. The van der Waals surface area contributed by atoms with Gasteiger partial charge < -0.3 is 9.16 Å². The number of hydrogen-bond acceptors (Lipinski definition) is 4. The van der Waals surface area contributed by atoms with Crippen LogP contribution in [0.25, 0.3) is 0 Å². The standard InChI is InChI=1S/C18H30ClNO4Si/c1-7-10-23-17(22)20-12-14(16(21)11-19)8-9-15(20)13-24-25(5,6)18(2,3)4/h7-8,15H,1,9-13H2,2-6H3/t15-/m0/s1. The van der Waals surface area contributed by atoms with E-state index in [4.69, 9.17) is 20.8 Å². The fourth-order valence-electron chi connectivity index (χ4n) is 2.18. The molecule has 0 aromatic heterocycles. The molecule has 1 aliphatic rings. The molecule has 1 atom stereocenters. The molecule has 1 amide bonds. The second-order valence-electron chi connectivity index (χ2n) is 7.74. The summed E-state index contributed by atoms with van der Waals surface area (Å²) in [6, 6.07) is -0.154. The SMILES string of the molecule is C=CCOC(=O)N1CC(C(=O)CCl)=CC[C@H]1CO[Si](C)(C)C(C)(C)C. The summed E-state index contributed by atoms with van der Waals surface area (Å²) >= 11 is 5.65. The molecule has 0 fully saturated rings. The third-order valence-electron chi connectivity index (χ3n) is 4.90. The molecular weight excluding hydrogens is 358 g/mol. The topological polar surface area (TPSA) is 55.8 Å². The monoisotopic (exact) mass is 387 g/mol. The summed E-state index contributed by atoms with van der Waals surface area (Å²) in [6.45, 7) is 15.2. The fraction of sp³-hybridized carbons (Fsp3) is 0.667. The van der Waals surface area contributed by atoms with Crippen molar-refractivity contribution < 1.29 is 18.8 Å². The van der Waals surface area contributed by atoms with E-state index in [0.717, 1.165) is 0 Å². The zero-order valence-corrected chi connectivity index (χ0v) is 17.7. The van der Waals surface area contributed by atoms with E-state index in [0.29, 0.717) is 18.6 Å². The van der Waals surface area contributed by atoms with Crippen molar-refractivity contribution >= 4 is 31.8 Å². The van der Waals surface area contributed by atoms with Gasteiger partial charge in [-0.15, -0.1) is 11.6 Å². The Hall–Kier alpha value is -1.11. The summed E-state index contributed by atoms with van der Waals surface area (Å²) in [7, 11) is -1.93. The van der Waals surface area contributed by atoms with Gasteiger partial charge in [-0.05, 0) is 24.6 Å². The van der Waals surface area contributed by atoms with Gasteiger partial charge in [-0.1, -0.05) is 39.5 Å². The van der Waals surface area contributed by atoms with Crippen LogP contribution in [-0.2, 0) is 14.0 Å². The highest BCUT2D eigenvalue weighted by atomic mass is 35.5. The quantitative estimate of drug-likeness (QED) is 0.374. The Balaban J connectivity index is 2.89. The average molecular weight is 388 g/mol. The number of carbonyl (C=O) groups is 2. The van der Waals surface area contributed by atoms with Crippen molar-refractivity contribution in [2.45, 2.75) is 51.4 Å². The molecule has 0 radical (unpaired) electrons. The summed E-state index contributed by atoms with van der Waals surface area (Å²) in [6.07, 6.45) is 3.47. The van der Waals surface area contributed by atoms with Crippen LogP contribution >= 0.6 is 11.6 Å². The van der Waals surface area contributed by atoms with E-state index in [1.165, 1.54) is 6.08 Å². The van der Waals surface area contributed by atoms with Gasteiger partial charge in [0.05, 0.1) is 25.1 Å². The van der Waals surface area contributed by atoms with Gasteiger partial charge >= 0.3 is 6.09 Å². The third kappa shape index (κ3) is 5.97. The van der Waals surface area contributed by atoms with Gasteiger partial charge in [0.15, 0.2) is 14.1 Å². The van der Waals surface area contributed by atoms with Crippen LogP contribution in [0.3, 0.4) is 0 Å². The van der Waals surface area contributed by atoms with Gasteiger partial charge in [0, 0.05) is 5.57 Å². The number of hydrogen-bond donors (Lipinski definition) is 0. The van der Waals surface area contributed by atoms with E-state index in [2.05, 4.69) is 40.4 Å². The third-order valence-corrected chi connectivity index (χ3v) is 9.64. The minimum Gasteiger partial charge on any atom is -0.445 e. The van der Waals surface area contributed by atoms with Crippen molar-refractivity contribution in [2.24, 2.45) is 0 Å². The Morgan fingerprint density at radius 3 is 2.60 bits per heavy atom. The number of ketones is 1. The van der Waals surface area contributed by atoms with E-state index in [1.807, 2.05) is 6.08 Å². The molecule has 0 aliphatic carbocycles. The van der Waals surface area contributed by atoms with Crippen molar-refractivity contribution in [1.29, 1.82) is 0 Å². The summed E-state index contributed by atoms with van der Waals surface area (Å²) in [4.78, 5) is 25.8. The Kier molecular flexibility index (Phi) is 7.90. The van der Waals surface area contributed by atoms with Crippen LogP contribution in [0.1, 0.15) is 27.2 Å². The van der Waals surface area contributed by atoms with Crippen LogP contribution in [0.5, 0.6) is 0 Å². The van der Waals surface area contributed by atoms with Crippen molar-refractivity contribution in [3.63, 3.8) is 0 Å². The Labute approximate surface area is 157 Å². The molecular formula is C18H30ClNO4Si. The van der Waals surface area contributed by atoms with Gasteiger partial charge in [0.2, 0.25) is 0 Å². The first-order valence-electron chi connectivity index (χ1n) is 8.50. The Morgan fingerprint density at radius 2 is 2.08 bits per heavy atom. The molecule has 1 heterocycles. The molecule has 5 nitrogen and oxygen atoms in total. The highest BCUT2D eigenvalue weighted by molar-refractivity contribution is 6.74. The lowest BCUT2D eigenvalue weighted by Gasteiger charge is -2.40. The smallest absolute Gasteiger partial charge is 0.410 e. The number of amides is 1. The van der Waals surface area contributed by atoms with Crippen molar-refractivity contribution in [3.05, 3.63) is 24.3 Å². The van der Waals surface area contributed by atoms with Crippen LogP contribution in [-0.4, -0.2) is 56.8 Å². The van der Waals surface area contributed by atoms with Crippen LogP contribution in [0.15, 0.2) is 24.3 Å². The van der Waals surface area contributed by atoms with E-state index >= 15 is 0 Å². The molecule has 0 saturated heterocycles. The molecule has 0 unspecified atom stereocenters. The van der Waals surface area contributed by atoms with Crippen molar-refractivity contribution in [1.82, 2.24) is 4.90 Å². The molecule has 1 aliphatic heterocycles. The van der Waals surface area contributed by atoms with Crippen molar-refractivity contribution in [3.8, 4) is 0 Å². The van der Waals surface area contributed by atoms with Crippen LogP contribution in [0.4, 0.5) is 4.79 Å². The maximum Gasteiger partial charge on any atom is 0.410 e. The molecule has 142 valence electrons. The number of alkyl halides is 1. The predicted molar refractivity (Wildman–Crippen MR) is 104 cm³/mol. The van der Waals surface area contributed by atoms with E-state index in [-0.39, 0.29) is 35.9 Å². The lowest BCUT2D eigenvalue weighted by molar-refractivity contribution is -0.113. The van der Waals surface area contributed by atoms with E-state index in [9.17, 15) is 9.59 Å². The normalized spacial score (nSPS) is 18.6. The Morgan fingerprint density at radius 1 is 1.44 bits per heavy atom. The lowest BCUT2D eigenvalue weighted by Crippen LogP contribution is -2.50. The largest absolute Gasteiger partial charge is 0.445 e. The van der Waals surface area contributed by atoms with Crippen LogP contribution in [0, 0.1) is 0 Å². The summed E-state index contributed by atoms with van der Waals surface area (Å²) in [5.41, 5.74) is 0.550. The number of halogens is 1. The first-order valence-corrected chi connectivity index (χ1v) is 11.9. The molecule has 1 rings (SSSR count). The molecule has 0 N–H and O–H groups in total. The van der Waals surface area contributed by atoms with E-state index < -0.39 is 14.4 Å². The van der Waals surface area contributed by atoms with Crippen LogP contribution < -0.4 is 0 Å². The first-order chi connectivity index (χ1) is 11.5. The molecule has 0 saturated carbocycles. The molecule has 7 heteroatoms. The molecule has 0 bridgehead atoms. The number of rotatable bonds is 7. The number of nitrogens with zero attached hydrogens (tertiary/aromatic N) is 1. The minimum absolute atomic E-state index is 0.0887.